The van der Waals surface area contributed by atoms with Gasteiger partial charge in [0.15, 0.2) is 0 Å². The Bertz CT molecular complexity index is 835. The second-order valence-electron chi connectivity index (χ2n) is 5.22. The van der Waals surface area contributed by atoms with Gasteiger partial charge in [-0.1, -0.05) is 30.3 Å². The van der Waals surface area contributed by atoms with Crippen LogP contribution in [-0.2, 0) is 11.3 Å². The number of imidazole rings is 1. The average Bonchev–Trinajstić information content (AvgIpc) is 3.02. The number of nitrogens with zero attached hydrogens (tertiary/aromatic N) is 1. The van der Waals surface area contributed by atoms with Crippen LogP contribution < -0.4 is 10.1 Å². The van der Waals surface area contributed by atoms with Gasteiger partial charge in [0, 0.05) is 11.6 Å². The average molecular weight is 321 g/mol. The summed E-state index contributed by atoms with van der Waals surface area (Å²) in [6.45, 7) is 2.87. The lowest BCUT2D eigenvalue weighted by Gasteiger charge is -2.06. The van der Waals surface area contributed by atoms with Crippen molar-refractivity contribution < 1.29 is 9.53 Å². The Morgan fingerprint density at radius 1 is 1.21 bits per heavy atom. The highest BCUT2D eigenvalue weighted by molar-refractivity contribution is 5.92. The van der Waals surface area contributed by atoms with Crippen LogP contribution in [0.1, 0.15) is 18.3 Å². The standard InChI is InChI=1S/C19H19N3O2/c1-2-24-17-10-6-3-7-14(17)11-12-19(23)20-13-18-21-15-8-4-5-9-16(15)22-18/h3-12H,2,13H2,1H3,(H,20,23)(H,21,22). The Balaban J connectivity index is 1.61. The number of H-pyrrole nitrogens is 1. The Kier molecular flexibility index (Phi) is 4.91. The third kappa shape index (κ3) is 3.81. The zero-order valence-electron chi connectivity index (χ0n) is 13.5. The Labute approximate surface area is 140 Å². The van der Waals surface area contributed by atoms with Crippen LogP contribution in [-0.4, -0.2) is 22.5 Å². The van der Waals surface area contributed by atoms with Crippen molar-refractivity contribution >= 4 is 23.0 Å². The number of para-hydroxylation sites is 3. The number of hydrogen-bond acceptors (Lipinski definition) is 3. The Hall–Kier alpha value is -3.08. The number of rotatable bonds is 6. The van der Waals surface area contributed by atoms with Gasteiger partial charge in [-0.2, -0.15) is 0 Å². The van der Waals surface area contributed by atoms with E-state index in [0.717, 1.165) is 28.2 Å². The van der Waals surface area contributed by atoms with Crippen molar-refractivity contribution in [3.8, 4) is 5.75 Å². The normalized spacial score (nSPS) is 11.0. The Morgan fingerprint density at radius 3 is 2.83 bits per heavy atom. The number of carbonyl (C=O) groups excluding carboxylic acids is 1. The minimum Gasteiger partial charge on any atom is -0.493 e. The smallest absolute Gasteiger partial charge is 0.244 e. The summed E-state index contributed by atoms with van der Waals surface area (Å²) in [5.74, 6) is 1.32. The van der Waals surface area contributed by atoms with E-state index in [-0.39, 0.29) is 5.91 Å². The highest BCUT2D eigenvalue weighted by Crippen LogP contribution is 2.19. The van der Waals surface area contributed by atoms with Gasteiger partial charge in [-0.25, -0.2) is 4.98 Å². The maximum atomic E-state index is 12.0. The summed E-state index contributed by atoms with van der Waals surface area (Å²) in [6.07, 6.45) is 3.25. The van der Waals surface area contributed by atoms with Crippen molar-refractivity contribution in [3.63, 3.8) is 0 Å². The second kappa shape index (κ2) is 7.46. The lowest BCUT2D eigenvalue weighted by molar-refractivity contribution is -0.116. The summed E-state index contributed by atoms with van der Waals surface area (Å²) in [6, 6.07) is 15.4. The molecular weight excluding hydrogens is 302 g/mol. The fourth-order valence-corrected chi connectivity index (χ4v) is 2.39. The molecule has 0 aliphatic heterocycles. The van der Waals surface area contributed by atoms with Crippen LogP contribution in [0.4, 0.5) is 0 Å². The van der Waals surface area contributed by atoms with E-state index in [9.17, 15) is 4.79 Å². The van der Waals surface area contributed by atoms with Crippen molar-refractivity contribution in [1.82, 2.24) is 15.3 Å². The van der Waals surface area contributed by atoms with Crippen LogP contribution in [0.15, 0.2) is 54.6 Å². The SMILES string of the molecule is CCOc1ccccc1C=CC(=O)NCc1nc2ccccc2[nH]1. The summed E-state index contributed by atoms with van der Waals surface area (Å²) in [4.78, 5) is 19.6. The zero-order valence-corrected chi connectivity index (χ0v) is 13.5. The van der Waals surface area contributed by atoms with Gasteiger partial charge in [0.2, 0.25) is 5.91 Å². The monoisotopic (exact) mass is 321 g/mol. The predicted molar refractivity (Wildman–Crippen MR) is 94.6 cm³/mol. The molecule has 0 radical (unpaired) electrons. The van der Waals surface area contributed by atoms with Gasteiger partial charge in [0.25, 0.3) is 0 Å². The summed E-state index contributed by atoms with van der Waals surface area (Å²) in [5.41, 5.74) is 2.73. The van der Waals surface area contributed by atoms with Gasteiger partial charge in [-0.05, 0) is 31.2 Å². The molecule has 24 heavy (non-hydrogen) atoms. The molecule has 0 aliphatic carbocycles. The summed E-state index contributed by atoms with van der Waals surface area (Å²) in [5, 5.41) is 2.82. The summed E-state index contributed by atoms with van der Waals surface area (Å²) < 4.78 is 5.53. The van der Waals surface area contributed by atoms with Crippen molar-refractivity contribution in [2.75, 3.05) is 6.61 Å². The molecule has 5 heteroatoms. The van der Waals surface area contributed by atoms with E-state index in [1.807, 2.05) is 55.5 Å². The lowest BCUT2D eigenvalue weighted by atomic mass is 10.2. The lowest BCUT2D eigenvalue weighted by Crippen LogP contribution is -2.20. The molecular formula is C19H19N3O2. The first-order valence-corrected chi connectivity index (χ1v) is 7.87. The van der Waals surface area contributed by atoms with E-state index in [0.29, 0.717) is 13.2 Å². The molecule has 2 aromatic carbocycles. The number of aromatic nitrogens is 2. The number of hydrogen-bond donors (Lipinski definition) is 2. The molecule has 3 aromatic rings. The van der Waals surface area contributed by atoms with Crippen LogP contribution in [0.3, 0.4) is 0 Å². The van der Waals surface area contributed by atoms with E-state index < -0.39 is 0 Å². The Morgan fingerprint density at radius 2 is 2.00 bits per heavy atom. The molecule has 0 saturated heterocycles. The second-order valence-corrected chi connectivity index (χ2v) is 5.22. The molecule has 122 valence electrons. The molecule has 5 nitrogen and oxygen atoms in total. The van der Waals surface area contributed by atoms with Crippen molar-refractivity contribution in [1.29, 1.82) is 0 Å². The van der Waals surface area contributed by atoms with Crippen LogP contribution in [0.2, 0.25) is 0 Å². The fraction of sp³-hybridized carbons (Fsp3) is 0.158. The number of nitrogens with one attached hydrogen (secondary N) is 2. The van der Waals surface area contributed by atoms with Crippen molar-refractivity contribution in [3.05, 3.63) is 66.0 Å². The van der Waals surface area contributed by atoms with E-state index in [1.165, 1.54) is 6.08 Å². The van der Waals surface area contributed by atoms with Gasteiger partial charge in [-0.15, -0.1) is 0 Å². The minimum absolute atomic E-state index is 0.179. The first-order chi connectivity index (χ1) is 11.8. The van der Waals surface area contributed by atoms with E-state index in [4.69, 9.17) is 4.74 Å². The molecule has 3 rings (SSSR count). The van der Waals surface area contributed by atoms with Crippen molar-refractivity contribution in [2.45, 2.75) is 13.5 Å². The number of fused-ring (bicyclic) bond motifs is 1. The van der Waals surface area contributed by atoms with E-state index in [1.54, 1.807) is 6.08 Å². The van der Waals surface area contributed by atoms with Crippen molar-refractivity contribution in [2.24, 2.45) is 0 Å². The third-order valence-electron chi connectivity index (χ3n) is 3.50. The number of benzene rings is 2. The number of carbonyl (C=O) groups is 1. The van der Waals surface area contributed by atoms with Crippen LogP contribution in [0.25, 0.3) is 17.1 Å². The predicted octanol–water partition coefficient (Wildman–Crippen LogP) is 3.29. The molecule has 0 atom stereocenters. The fourth-order valence-electron chi connectivity index (χ4n) is 2.39. The molecule has 0 fully saturated rings. The molecule has 1 aromatic heterocycles. The highest BCUT2D eigenvalue weighted by Gasteiger charge is 2.04. The number of ether oxygens (including phenoxy) is 1. The van der Waals surface area contributed by atoms with E-state index in [2.05, 4.69) is 15.3 Å². The van der Waals surface area contributed by atoms with Crippen LogP contribution >= 0.6 is 0 Å². The molecule has 0 aliphatic rings. The highest BCUT2D eigenvalue weighted by atomic mass is 16.5. The topological polar surface area (TPSA) is 67.0 Å². The molecule has 0 bridgehead atoms. The minimum atomic E-state index is -0.179. The molecule has 1 heterocycles. The van der Waals surface area contributed by atoms with Gasteiger partial charge in [-0.3, -0.25) is 4.79 Å². The number of amides is 1. The first-order valence-electron chi connectivity index (χ1n) is 7.87. The van der Waals surface area contributed by atoms with E-state index >= 15 is 0 Å². The molecule has 2 N–H and O–H groups in total. The third-order valence-corrected chi connectivity index (χ3v) is 3.50. The van der Waals surface area contributed by atoms with Gasteiger partial charge in [0.05, 0.1) is 24.2 Å². The maximum Gasteiger partial charge on any atom is 0.244 e. The van der Waals surface area contributed by atoms with Gasteiger partial charge < -0.3 is 15.0 Å². The zero-order chi connectivity index (χ0) is 16.8. The molecule has 0 spiro atoms. The maximum absolute atomic E-state index is 12.0. The summed E-state index contributed by atoms with van der Waals surface area (Å²) >= 11 is 0. The largest absolute Gasteiger partial charge is 0.493 e. The summed E-state index contributed by atoms with van der Waals surface area (Å²) in [7, 11) is 0. The quantitative estimate of drug-likeness (QED) is 0.685. The van der Waals surface area contributed by atoms with Crippen LogP contribution in [0, 0.1) is 0 Å². The van der Waals surface area contributed by atoms with Gasteiger partial charge >= 0.3 is 0 Å². The molecule has 1 amide bonds. The number of aromatic amines is 1. The van der Waals surface area contributed by atoms with Crippen LogP contribution in [0.5, 0.6) is 5.75 Å². The van der Waals surface area contributed by atoms with Gasteiger partial charge in [0.1, 0.15) is 11.6 Å². The first kappa shape index (κ1) is 15.8. The molecule has 0 saturated carbocycles. The molecule has 0 unspecified atom stereocenters.